The van der Waals surface area contributed by atoms with E-state index in [-0.39, 0.29) is 16.6 Å². The zero-order valence-electron chi connectivity index (χ0n) is 17.5. The molecule has 2 unspecified atom stereocenters. The van der Waals surface area contributed by atoms with Crippen molar-refractivity contribution in [3.8, 4) is 5.75 Å². The minimum absolute atomic E-state index is 0.0495. The van der Waals surface area contributed by atoms with E-state index in [9.17, 15) is 13.2 Å². The van der Waals surface area contributed by atoms with Gasteiger partial charge in [0.25, 0.3) is 0 Å². The van der Waals surface area contributed by atoms with Gasteiger partial charge in [-0.1, -0.05) is 36.4 Å². The van der Waals surface area contributed by atoms with Gasteiger partial charge in [0.1, 0.15) is 23.1 Å². The molecule has 1 heterocycles. The van der Waals surface area contributed by atoms with Gasteiger partial charge in [0.05, 0.1) is 10.6 Å². The maximum Gasteiger partial charge on any atom is 0.514 e. The van der Waals surface area contributed by atoms with E-state index in [1.807, 2.05) is 6.07 Å². The van der Waals surface area contributed by atoms with Gasteiger partial charge in [-0.3, -0.25) is 0 Å². The number of fused-ring (bicyclic) bond motifs is 2. The van der Waals surface area contributed by atoms with Crippen molar-refractivity contribution in [3.63, 3.8) is 0 Å². The Balaban J connectivity index is 1.42. The lowest BCUT2D eigenvalue weighted by Crippen LogP contribution is -2.60. The number of rotatable bonds is 5. The zero-order chi connectivity index (χ0) is 22.1. The van der Waals surface area contributed by atoms with Gasteiger partial charge in [0.15, 0.2) is 9.84 Å². The van der Waals surface area contributed by atoms with Crippen molar-refractivity contribution < 1.29 is 32.5 Å². The maximum atomic E-state index is 12.9. The topological polar surface area (TPSA) is 88.1 Å². The molecule has 2 aromatic rings. The molecule has 1 saturated carbocycles. The molecule has 31 heavy (non-hydrogen) atoms. The molecular weight excluding hydrogens is 420 g/mol. The van der Waals surface area contributed by atoms with Gasteiger partial charge in [-0.05, 0) is 63.3 Å². The van der Waals surface area contributed by atoms with Crippen molar-refractivity contribution in [3.05, 3.63) is 60.7 Å². The van der Waals surface area contributed by atoms with E-state index >= 15 is 0 Å². The molecule has 1 aliphatic carbocycles. The first-order chi connectivity index (χ1) is 14.7. The molecule has 0 N–H and O–H groups in total. The smallest absolute Gasteiger partial charge is 0.425 e. The van der Waals surface area contributed by atoms with Crippen LogP contribution in [0.3, 0.4) is 0 Å². The standard InChI is InChI=1S/C23H26O7S/c1-22(28-21(24)27-18-9-5-3-6-10-18)14-13-17-15-20(22)29-30-23(17,2)16-31(25,26)19-11-7-4-8-12-19/h3-12,17,20H,13-16H2,1-2H3/t17-,20?,22-,23?/m1/s1. The van der Waals surface area contributed by atoms with Gasteiger partial charge in [-0.25, -0.2) is 23.0 Å². The van der Waals surface area contributed by atoms with E-state index in [2.05, 4.69) is 0 Å². The highest BCUT2D eigenvalue weighted by Crippen LogP contribution is 2.47. The predicted octanol–water partition coefficient (Wildman–Crippen LogP) is 4.32. The van der Waals surface area contributed by atoms with Crippen molar-refractivity contribution in [1.29, 1.82) is 0 Å². The third-order valence-corrected chi connectivity index (χ3v) is 8.17. The van der Waals surface area contributed by atoms with Gasteiger partial charge in [-0.2, -0.15) is 0 Å². The summed E-state index contributed by atoms with van der Waals surface area (Å²) in [5.74, 6) is 0.158. The fourth-order valence-electron chi connectivity index (χ4n) is 4.32. The van der Waals surface area contributed by atoms with E-state index in [0.29, 0.717) is 25.0 Å². The first-order valence-corrected chi connectivity index (χ1v) is 11.9. The predicted molar refractivity (Wildman–Crippen MR) is 112 cm³/mol. The van der Waals surface area contributed by atoms with E-state index in [0.717, 1.165) is 0 Å². The molecule has 0 spiro atoms. The van der Waals surface area contributed by atoms with Crippen LogP contribution in [-0.2, 0) is 24.3 Å². The maximum absolute atomic E-state index is 12.9. The van der Waals surface area contributed by atoms with Crippen molar-refractivity contribution in [2.45, 2.75) is 55.3 Å². The SMILES string of the molecule is CC1(CS(=O)(=O)c2ccccc2)OOC2C[C@H]1CC[C@@]2(C)OC(=O)Oc1ccccc1. The molecule has 1 saturated heterocycles. The fraction of sp³-hybridized carbons (Fsp3) is 0.435. The lowest BCUT2D eigenvalue weighted by atomic mass is 9.71. The summed E-state index contributed by atoms with van der Waals surface area (Å²) in [6.45, 7) is 3.55. The van der Waals surface area contributed by atoms with Crippen LogP contribution in [0.4, 0.5) is 4.79 Å². The van der Waals surface area contributed by atoms with Crippen LogP contribution < -0.4 is 4.74 Å². The molecule has 166 valence electrons. The zero-order valence-corrected chi connectivity index (χ0v) is 18.3. The number of para-hydroxylation sites is 1. The Morgan fingerprint density at radius 2 is 1.71 bits per heavy atom. The summed E-state index contributed by atoms with van der Waals surface area (Å²) in [6.07, 6.45) is 0.347. The largest absolute Gasteiger partial charge is 0.514 e. The summed E-state index contributed by atoms with van der Waals surface area (Å²) >= 11 is 0. The summed E-state index contributed by atoms with van der Waals surface area (Å²) in [5, 5.41) is 0. The molecule has 1 aliphatic heterocycles. The number of carbonyl (C=O) groups is 1. The summed E-state index contributed by atoms with van der Waals surface area (Å²) in [6, 6.07) is 17.0. The van der Waals surface area contributed by atoms with Gasteiger partial charge in [-0.15, -0.1) is 0 Å². The van der Waals surface area contributed by atoms with E-state index < -0.39 is 33.3 Å². The molecule has 7 nitrogen and oxygen atoms in total. The Morgan fingerprint density at radius 1 is 1.06 bits per heavy atom. The lowest BCUT2D eigenvalue weighted by Gasteiger charge is -2.51. The number of sulfone groups is 1. The molecule has 4 rings (SSSR count). The van der Waals surface area contributed by atoms with Crippen LogP contribution >= 0.6 is 0 Å². The highest BCUT2D eigenvalue weighted by Gasteiger charge is 2.55. The molecule has 0 amide bonds. The highest BCUT2D eigenvalue weighted by atomic mass is 32.2. The van der Waals surface area contributed by atoms with Crippen LogP contribution in [0.15, 0.2) is 65.6 Å². The third kappa shape index (κ3) is 4.61. The van der Waals surface area contributed by atoms with Crippen molar-refractivity contribution in [2.75, 3.05) is 5.75 Å². The quantitative estimate of drug-likeness (QED) is 0.384. The number of hydrogen-bond donors (Lipinski definition) is 0. The molecule has 2 fully saturated rings. The Bertz CT molecular complexity index is 1020. The lowest BCUT2D eigenvalue weighted by molar-refractivity contribution is -0.441. The summed E-state index contributed by atoms with van der Waals surface area (Å²) < 4.78 is 36.6. The second kappa shape index (κ2) is 8.26. The average Bonchev–Trinajstić information content (AvgIpc) is 2.73. The van der Waals surface area contributed by atoms with Gasteiger partial charge in [0, 0.05) is 0 Å². The first-order valence-electron chi connectivity index (χ1n) is 10.3. The molecule has 2 aliphatic rings. The minimum atomic E-state index is -3.55. The van der Waals surface area contributed by atoms with Crippen LogP contribution in [0.25, 0.3) is 0 Å². The van der Waals surface area contributed by atoms with E-state index in [1.54, 1.807) is 68.4 Å². The van der Waals surface area contributed by atoms with Gasteiger partial charge >= 0.3 is 6.16 Å². The Hall–Kier alpha value is -2.42. The van der Waals surface area contributed by atoms with Crippen LogP contribution in [0, 0.1) is 5.92 Å². The Morgan fingerprint density at radius 3 is 2.39 bits per heavy atom. The second-order valence-electron chi connectivity index (χ2n) is 8.60. The highest BCUT2D eigenvalue weighted by molar-refractivity contribution is 7.91. The molecule has 4 atom stereocenters. The van der Waals surface area contributed by atoms with Gasteiger partial charge in [0.2, 0.25) is 0 Å². The fourth-order valence-corrected chi connectivity index (χ4v) is 6.10. The molecular formula is C23H26O7S. The van der Waals surface area contributed by atoms with Crippen LogP contribution in [0.1, 0.15) is 33.1 Å². The van der Waals surface area contributed by atoms with Crippen molar-refractivity contribution in [1.82, 2.24) is 0 Å². The number of hydrogen-bond acceptors (Lipinski definition) is 7. The van der Waals surface area contributed by atoms with Crippen molar-refractivity contribution in [2.24, 2.45) is 5.92 Å². The third-order valence-electron chi connectivity index (χ3n) is 6.23. The summed E-state index contributed by atoms with van der Waals surface area (Å²) in [7, 11) is -3.55. The Labute approximate surface area is 182 Å². The summed E-state index contributed by atoms with van der Waals surface area (Å²) in [5.41, 5.74) is -1.92. The summed E-state index contributed by atoms with van der Waals surface area (Å²) in [4.78, 5) is 23.8. The van der Waals surface area contributed by atoms with Crippen LogP contribution in [0.5, 0.6) is 5.75 Å². The van der Waals surface area contributed by atoms with Crippen LogP contribution in [0.2, 0.25) is 0 Å². The van der Waals surface area contributed by atoms with Crippen molar-refractivity contribution >= 4 is 16.0 Å². The number of ether oxygens (including phenoxy) is 2. The normalized spacial score (nSPS) is 30.4. The first kappa shape index (κ1) is 21.8. The molecule has 0 aromatic heterocycles. The Kier molecular flexibility index (Phi) is 5.81. The monoisotopic (exact) mass is 446 g/mol. The number of carbonyl (C=O) groups excluding carboxylic acids is 1. The molecule has 2 aromatic carbocycles. The van der Waals surface area contributed by atoms with E-state index in [4.69, 9.17) is 19.2 Å². The van der Waals surface area contributed by atoms with Gasteiger partial charge < -0.3 is 9.47 Å². The molecule has 0 radical (unpaired) electrons. The molecule has 2 bridgehead atoms. The average molecular weight is 447 g/mol. The van der Waals surface area contributed by atoms with E-state index in [1.165, 1.54) is 0 Å². The van der Waals surface area contributed by atoms with Crippen LogP contribution in [-0.4, -0.2) is 37.6 Å². The number of benzene rings is 2. The molecule has 8 heteroatoms. The minimum Gasteiger partial charge on any atom is -0.425 e. The second-order valence-corrected chi connectivity index (χ2v) is 10.6.